The molecule has 5 heteroatoms. The Bertz CT molecular complexity index is 1580. The van der Waals surface area contributed by atoms with E-state index >= 15 is 0 Å². The number of hydrogen-bond acceptors (Lipinski definition) is 5. The van der Waals surface area contributed by atoms with E-state index in [9.17, 15) is 4.79 Å². The molecule has 5 nitrogen and oxygen atoms in total. The fourth-order valence-corrected chi connectivity index (χ4v) is 5.64. The number of aliphatic imine (C=N–C) groups is 1. The van der Waals surface area contributed by atoms with Crippen LogP contribution in [0.1, 0.15) is 80.6 Å². The van der Waals surface area contributed by atoms with E-state index in [1.54, 1.807) is 20.2 Å². The maximum absolute atomic E-state index is 13.9. The zero-order valence-corrected chi connectivity index (χ0v) is 26.8. The fourth-order valence-electron chi connectivity index (χ4n) is 5.64. The van der Waals surface area contributed by atoms with Gasteiger partial charge in [0, 0.05) is 24.6 Å². The SMILES string of the molecule is CCOc1c(C)cc(C(=O)C(=NC)c2ccc(C)c(C)c2CCCCc2ccc(CCc3ccc(C)o3)cc2)cc1OC. The van der Waals surface area contributed by atoms with E-state index in [0.29, 0.717) is 29.4 Å². The van der Waals surface area contributed by atoms with Gasteiger partial charge in [0.25, 0.3) is 0 Å². The molecule has 3 aromatic carbocycles. The molecule has 226 valence electrons. The third-order valence-electron chi connectivity index (χ3n) is 8.20. The van der Waals surface area contributed by atoms with E-state index in [1.807, 2.05) is 32.9 Å². The van der Waals surface area contributed by atoms with Crippen LogP contribution in [-0.4, -0.2) is 32.3 Å². The number of carbonyl (C=O) groups excluding carboxylic acids is 1. The van der Waals surface area contributed by atoms with Crippen molar-refractivity contribution < 1.29 is 18.7 Å². The first-order valence-corrected chi connectivity index (χ1v) is 15.3. The Hall–Kier alpha value is -4.12. The zero-order valence-electron chi connectivity index (χ0n) is 26.8. The Morgan fingerprint density at radius 1 is 0.814 bits per heavy atom. The third-order valence-corrected chi connectivity index (χ3v) is 8.20. The summed E-state index contributed by atoms with van der Waals surface area (Å²) < 4.78 is 17.0. The van der Waals surface area contributed by atoms with Crippen molar-refractivity contribution >= 4 is 11.5 Å². The summed E-state index contributed by atoms with van der Waals surface area (Å²) in [4.78, 5) is 18.4. The van der Waals surface area contributed by atoms with Gasteiger partial charge >= 0.3 is 0 Å². The summed E-state index contributed by atoms with van der Waals surface area (Å²) in [7, 11) is 3.30. The molecule has 0 spiro atoms. The molecule has 0 radical (unpaired) electrons. The normalized spacial score (nSPS) is 11.6. The lowest BCUT2D eigenvalue weighted by Gasteiger charge is -2.18. The predicted octanol–water partition coefficient (Wildman–Crippen LogP) is 8.57. The summed E-state index contributed by atoms with van der Waals surface area (Å²) >= 11 is 0. The van der Waals surface area contributed by atoms with E-state index < -0.39 is 0 Å². The van der Waals surface area contributed by atoms with Gasteiger partial charge in [-0.1, -0.05) is 36.4 Å². The lowest BCUT2D eigenvalue weighted by molar-refractivity contribution is 0.106. The van der Waals surface area contributed by atoms with Gasteiger partial charge in [-0.2, -0.15) is 0 Å². The topological polar surface area (TPSA) is 61.0 Å². The molecule has 4 rings (SSSR count). The zero-order chi connectivity index (χ0) is 30.9. The minimum Gasteiger partial charge on any atom is -0.493 e. The van der Waals surface area contributed by atoms with E-state index in [4.69, 9.17) is 13.9 Å². The van der Waals surface area contributed by atoms with Crippen molar-refractivity contribution in [2.45, 2.75) is 73.1 Å². The minimum atomic E-state index is -0.112. The van der Waals surface area contributed by atoms with Crippen molar-refractivity contribution in [1.82, 2.24) is 0 Å². The van der Waals surface area contributed by atoms with Crippen molar-refractivity contribution in [1.29, 1.82) is 0 Å². The molecule has 0 aliphatic rings. The smallest absolute Gasteiger partial charge is 0.211 e. The molecule has 0 unspecified atom stereocenters. The molecular weight excluding hydrogens is 534 g/mol. The largest absolute Gasteiger partial charge is 0.493 e. The number of benzene rings is 3. The molecule has 0 amide bonds. The molecule has 0 aliphatic heterocycles. The Labute approximate surface area is 257 Å². The lowest BCUT2D eigenvalue weighted by Crippen LogP contribution is -2.19. The summed E-state index contributed by atoms with van der Waals surface area (Å²) in [5.41, 5.74) is 9.13. The number of nitrogens with zero attached hydrogens (tertiary/aromatic N) is 1. The predicted molar refractivity (Wildman–Crippen MR) is 176 cm³/mol. The van der Waals surface area contributed by atoms with Crippen LogP contribution < -0.4 is 9.47 Å². The first kappa shape index (κ1) is 31.8. The molecule has 0 saturated heterocycles. The molecule has 43 heavy (non-hydrogen) atoms. The second kappa shape index (κ2) is 14.9. The number of unbranched alkanes of at least 4 members (excludes halogenated alkanes) is 1. The minimum absolute atomic E-state index is 0.112. The summed E-state index contributed by atoms with van der Waals surface area (Å²) in [6.07, 6.45) is 5.91. The molecule has 0 bridgehead atoms. The van der Waals surface area contributed by atoms with E-state index in [0.717, 1.165) is 61.2 Å². The van der Waals surface area contributed by atoms with Crippen LogP contribution in [0.2, 0.25) is 0 Å². The standard InChI is InChI=1S/C38H45NO4/c1-8-42-38-26(3)23-31(24-35(38)41-7)37(40)36(39-6)34-22-13-25(2)28(5)33(34)12-10-9-11-29-15-17-30(18-16-29)19-21-32-20-14-27(4)43-32/h13-18,20,22-24H,8-12,19,21H2,1-7H3. The summed E-state index contributed by atoms with van der Waals surface area (Å²) in [5.74, 6) is 3.12. The summed E-state index contributed by atoms with van der Waals surface area (Å²) in [6, 6.07) is 20.8. The van der Waals surface area contributed by atoms with Gasteiger partial charge in [0.1, 0.15) is 17.2 Å². The number of furan rings is 1. The average molecular weight is 580 g/mol. The van der Waals surface area contributed by atoms with Crippen LogP contribution in [0.15, 0.2) is 70.1 Å². The number of hydrogen-bond donors (Lipinski definition) is 0. The molecular formula is C38H45NO4. The number of carbonyl (C=O) groups is 1. The number of ketones is 1. The summed E-state index contributed by atoms with van der Waals surface area (Å²) in [6.45, 7) is 10.7. The number of methoxy groups -OCH3 is 1. The van der Waals surface area contributed by atoms with Crippen LogP contribution in [0.4, 0.5) is 0 Å². The van der Waals surface area contributed by atoms with Crippen molar-refractivity contribution in [3.8, 4) is 11.5 Å². The second-order valence-corrected chi connectivity index (χ2v) is 11.2. The quantitative estimate of drug-likeness (QED) is 0.0853. The number of ether oxygens (including phenoxy) is 2. The van der Waals surface area contributed by atoms with Crippen LogP contribution in [0.25, 0.3) is 0 Å². The van der Waals surface area contributed by atoms with Crippen LogP contribution >= 0.6 is 0 Å². The third kappa shape index (κ3) is 7.84. The Kier molecular flexibility index (Phi) is 11.0. The van der Waals surface area contributed by atoms with Gasteiger partial charge in [-0.15, -0.1) is 0 Å². The first-order valence-electron chi connectivity index (χ1n) is 15.3. The van der Waals surface area contributed by atoms with Crippen molar-refractivity contribution in [3.05, 3.63) is 117 Å². The highest BCUT2D eigenvalue weighted by atomic mass is 16.5. The molecule has 4 aromatic rings. The van der Waals surface area contributed by atoms with Gasteiger partial charge < -0.3 is 13.9 Å². The first-order chi connectivity index (χ1) is 20.7. The van der Waals surface area contributed by atoms with Crippen molar-refractivity contribution in [2.24, 2.45) is 4.99 Å². The van der Waals surface area contributed by atoms with E-state index in [-0.39, 0.29) is 5.78 Å². The summed E-state index contributed by atoms with van der Waals surface area (Å²) in [5, 5.41) is 0. The lowest BCUT2D eigenvalue weighted by atomic mass is 9.88. The van der Waals surface area contributed by atoms with Gasteiger partial charge in [0.05, 0.1) is 13.7 Å². The molecule has 1 aromatic heterocycles. The van der Waals surface area contributed by atoms with Crippen molar-refractivity contribution in [2.75, 3.05) is 20.8 Å². The van der Waals surface area contributed by atoms with Crippen LogP contribution in [0.3, 0.4) is 0 Å². The van der Waals surface area contributed by atoms with Gasteiger partial charge in [0.15, 0.2) is 11.5 Å². The molecule has 0 saturated carbocycles. The van der Waals surface area contributed by atoms with Crippen LogP contribution in [0, 0.1) is 27.7 Å². The highest BCUT2D eigenvalue weighted by molar-refractivity contribution is 6.51. The molecule has 0 fully saturated rings. The maximum Gasteiger partial charge on any atom is 0.211 e. The number of aryl methyl sites for hydroxylation is 6. The fraction of sp³-hybridized carbons (Fsp3) is 0.368. The van der Waals surface area contributed by atoms with Gasteiger partial charge in [0.2, 0.25) is 5.78 Å². The molecule has 0 N–H and O–H groups in total. The highest BCUT2D eigenvalue weighted by Crippen LogP contribution is 2.33. The molecule has 1 heterocycles. The Morgan fingerprint density at radius 2 is 1.51 bits per heavy atom. The maximum atomic E-state index is 13.9. The van der Waals surface area contributed by atoms with Crippen LogP contribution in [0.5, 0.6) is 11.5 Å². The highest BCUT2D eigenvalue weighted by Gasteiger charge is 2.22. The van der Waals surface area contributed by atoms with Gasteiger partial charge in [-0.25, -0.2) is 0 Å². The van der Waals surface area contributed by atoms with E-state index in [2.05, 4.69) is 61.3 Å². The van der Waals surface area contributed by atoms with Crippen molar-refractivity contribution in [3.63, 3.8) is 0 Å². The van der Waals surface area contributed by atoms with Gasteiger partial charge in [-0.3, -0.25) is 9.79 Å². The van der Waals surface area contributed by atoms with Gasteiger partial charge in [-0.05, 0) is 124 Å². The van der Waals surface area contributed by atoms with Crippen LogP contribution in [-0.2, 0) is 25.7 Å². The number of Topliss-reactive ketones (excluding diaryl/α,β-unsaturated/α-hetero) is 1. The monoisotopic (exact) mass is 579 g/mol. The van der Waals surface area contributed by atoms with E-state index in [1.165, 1.54) is 27.8 Å². The molecule has 0 aliphatic carbocycles. The Balaban J connectivity index is 1.43. The average Bonchev–Trinajstić information content (AvgIpc) is 3.43. The number of rotatable bonds is 14. The Morgan fingerprint density at radius 3 is 2.14 bits per heavy atom. The molecule has 0 atom stereocenters. The second-order valence-electron chi connectivity index (χ2n) is 11.2.